The zero-order valence-corrected chi connectivity index (χ0v) is 21.8. The first-order chi connectivity index (χ1) is 17.8. The highest BCUT2D eigenvalue weighted by molar-refractivity contribution is 6.27. The molecule has 0 aromatic heterocycles. The van der Waals surface area contributed by atoms with E-state index in [1.54, 1.807) is 12.1 Å². The van der Waals surface area contributed by atoms with E-state index in [1.807, 2.05) is 13.8 Å². The van der Waals surface area contributed by atoms with Gasteiger partial charge in [0.1, 0.15) is 45.7 Å². The number of aromatic hydroxyl groups is 1. The van der Waals surface area contributed by atoms with Gasteiger partial charge in [0.25, 0.3) is 5.91 Å². The van der Waals surface area contributed by atoms with Crippen molar-refractivity contribution in [2.45, 2.75) is 46.6 Å². The molecule has 2 aromatic carbocycles. The van der Waals surface area contributed by atoms with E-state index in [4.69, 9.17) is 14.2 Å². The number of ketones is 3. The van der Waals surface area contributed by atoms with E-state index in [2.05, 4.69) is 5.32 Å². The van der Waals surface area contributed by atoms with Gasteiger partial charge in [-0.1, -0.05) is 0 Å². The number of phenols is 1. The number of carbonyl (C=O) groups excluding carboxylic acids is 5. The number of benzene rings is 2. The van der Waals surface area contributed by atoms with Gasteiger partial charge in [-0.3, -0.25) is 24.0 Å². The summed E-state index contributed by atoms with van der Waals surface area (Å²) in [5, 5.41) is 13.7. The van der Waals surface area contributed by atoms with Gasteiger partial charge in [-0.15, -0.1) is 0 Å². The van der Waals surface area contributed by atoms with Crippen LogP contribution in [0.2, 0.25) is 0 Å². The average Bonchev–Trinajstić information content (AvgIpc) is 3.11. The van der Waals surface area contributed by atoms with Crippen molar-refractivity contribution in [2.75, 3.05) is 7.11 Å². The number of Topliss-reactive ketones (excluding diaryl/α,β-unsaturated/α-hetero) is 2. The zero-order valence-electron chi connectivity index (χ0n) is 21.8. The minimum atomic E-state index is -1.65. The van der Waals surface area contributed by atoms with Gasteiger partial charge < -0.3 is 24.6 Å². The number of rotatable bonds is 6. The van der Waals surface area contributed by atoms with Crippen molar-refractivity contribution in [1.29, 1.82) is 0 Å². The number of esters is 1. The van der Waals surface area contributed by atoms with Crippen molar-refractivity contribution >= 4 is 29.2 Å². The molecule has 2 aliphatic rings. The van der Waals surface area contributed by atoms with E-state index in [1.165, 1.54) is 27.0 Å². The Hall–Kier alpha value is -4.47. The molecule has 38 heavy (non-hydrogen) atoms. The molecular formula is C28H27NO9. The molecule has 4 rings (SSSR count). The summed E-state index contributed by atoms with van der Waals surface area (Å²) >= 11 is 0. The number of fused-ring (bicyclic) bond motifs is 3. The van der Waals surface area contributed by atoms with Crippen LogP contribution in [0.5, 0.6) is 23.0 Å². The minimum absolute atomic E-state index is 0.0119. The Bertz CT molecular complexity index is 1450. The fraction of sp³-hybridized carbons (Fsp3) is 0.321. The van der Waals surface area contributed by atoms with Crippen LogP contribution in [0.3, 0.4) is 0 Å². The molecule has 2 N–H and O–H groups in total. The molecular weight excluding hydrogens is 494 g/mol. The molecule has 0 saturated carbocycles. The van der Waals surface area contributed by atoms with Crippen molar-refractivity contribution in [1.82, 2.24) is 5.32 Å². The number of carbonyl (C=O) groups is 5. The quantitative estimate of drug-likeness (QED) is 0.333. The monoisotopic (exact) mass is 521 g/mol. The third-order valence-electron chi connectivity index (χ3n) is 6.95. The van der Waals surface area contributed by atoms with Crippen molar-refractivity contribution in [3.8, 4) is 23.0 Å². The summed E-state index contributed by atoms with van der Waals surface area (Å²) < 4.78 is 16.4. The largest absolute Gasteiger partial charge is 0.507 e. The summed E-state index contributed by atoms with van der Waals surface area (Å²) in [7, 11) is 1.31. The van der Waals surface area contributed by atoms with Gasteiger partial charge in [-0.25, -0.2) is 0 Å². The van der Waals surface area contributed by atoms with Crippen LogP contribution in [-0.2, 0) is 31.1 Å². The first kappa shape index (κ1) is 26.6. The summed E-state index contributed by atoms with van der Waals surface area (Å²) in [4.78, 5) is 62.8. The molecule has 2 atom stereocenters. The second kappa shape index (κ2) is 9.44. The van der Waals surface area contributed by atoms with Gasteiger partial charge >= 0.3 is 5.97 Å². The van der Waals surface area contributed by atoms with E-state index in [9.17, 15) is 29.1 Å². The number of hydrogen-bond acceptors (Lipinski definition) is 9. The van der Waals surface area contributed by atoms with Crippen LogP contribution in [0.4, 0.5) is 0 Å². The summed E-state index contributed by atoms with van der Waals surface area (Å²) in [6.07, 6.45) is 1.07. The number of allylic oxidation sites excluding steroid dienone is 2. The third kappa shape index (κ3) is 4.11. The molecule has 0 fully saturated rings. The minimum Gasteiger partial charge on any atom is -0.507 e. The number of phenolic OH excluding ortho intramolecular Hbond substituents is 1. The van der Waals surface area contributed by atoms with E-state index in [-0.39, 0.29) is 40.7 Å². The Balaban J connectivity index is 1.74. The topological polar surface area (TPSA) is 145 Å². The summed E-state index contributed by atoms with van der Waals surface area (Å²) in [5.74, 6) is -4.88. The molecule has 0 saturated heterocycles. The molecule has 0 radical (unpaired) electrons. The summed E-state index contributed by atoms with van der Waals surface area (Å²) in [6.45, 7) is 7.63. The van der Waals surface area contributed by atoms with Crippen molar-refractivity contribution < 1.29 is 43.3 Å². The van der Waals surface area contributed by atoms with Crippen LogP contribution in [0.15, 0.2) is 30.0 Å². The molecule has 1 aliphatic carbocycles. The number of amides is 1. The van der Waals surface area contributed by atoms with Crippen LogP contribution in [-0.4, -0.2) is 41.4 Å². The van der Waals surface area contributed by atoms with Gasteiger partial charge in [0.2, 0.25) is 0 Å². The van der Waals surface area contributed by atoms with Crippen LogP contribution in [0.1, 0.15) is 53.4 Å². The molecule has 1 aliphatic heterocycles. The summed E-state index contributed by atoms with van der Waals surface area (Å²) in [6, 6.07) is 4.57. The van der Waals surface area contributed by atoms with Crippen molar-refractivity contribution in [2.24, 2.45) is 5.92 Å². The second-order valence-corrected chi connectivity index (χ2v) is 9.53. The van der Waals surface area contributed by atoms with Gasteiger partial charge in [0.05, 0.1) is 12.7 Å². The second-order valence-electron chi connectivity index (χ2n) is 9.53. The normalized spacial score (nSPS) is 19.6. The van der Waals surface area contributed by atoms with E-state index < -0.39 is 40.6 Å². The maximum absolute atomic E-state index is 13.5. The van der Waals surface area contributed by atoms with Crippen LogP contribution >= 0.6 is 0 Å². The molecule has 2 aromatic rings. The highest BCUT2D eigenvalue weighted by Crippen LogP contribution is 2.56. The lowest BCUT2D eigenvalue weighted by molar-refractivity contribution is -0.140. The Morgan fingerprint density at radius 3 is 2.29 bits per heavy atom. The first-order valence-corrected chi connectivity index (χ1v) is 11.8. The molecule has 0 bridgehead atoms. The van der Waals surface area contributed by atoms with Gasteiger partial charge in [0, 0.05) is 25.6 Å². The van der Waals surface area contributed by atoms with Crippen molar-refractivity contribution in [3.63, 3.8) is 0 Å². The molecule has 10 nitrogen and oxygen atoms in total. The van der Waals surface area contributed by atoms with Gasteiger partial charge in [-0.05, 0) is 56.5 Å². The fourth-order valence-electron chi connectivity index (χ4n) is 5.07. The van der Waals surface area contributed by atoms with Crippen LogP contribution in [0, 0.1) is 19.8 Å². The van der Waals surface area contributed by atoms with Gasteiger partial charge in [-0.2, -0.15) is 0 Å². The lowest BCUT2D eigenvalue weighted by atomic mass is 9.67. The molecule has 1 heterocycles. The number of ether oxygens (including phenoxy) is 3. The first-order valence-electron chi connectivity index (χ1n) is 11.8. The predicted molar refractivity (Wildman–Crippen MR) is 133 cm³/mol. The Morgan fingerprint density at radius 2 is 1.74 bits per heavy atom. The molecule has 0 spiro atoms. The lowest BCUT2D eigenvalue weighted by Gasteiger charge is -2.30. The number of nitrogens with one attached hydrogen (secondary N) is 1. The maximum atomic E-state index is 13.5. The molecule has 198 valence electrons. The molecule has 10 heteroatoms. The molecule has 1 unspecified atom stereocenters. The number of aryl methyl sites for hydroxylation is 2. The van der Waals surface area contributed by atoms with E-state index in [0.29, 0.717) is 5.75 Å². The van der Waals surface area contributed by atoms with E-state index in [0.717, 1.165) is 29.7 Å². The fourth-order valence-corrected chi connectivity index (χ4v) is 5.07. The Kier molecular flexibility index (Phi) is 6.61. The van der Waals surface area contributed by atoms with E-state index >= 15 is 0 Å². The maximum Gasteiger partial charge on any atom is 0.308 e. The SMILES string of the molecule is COc1cc(O)c2c(c1C(=O)NCc1c(C)cc(OC(C)=O)cc1C)OC1=CC(=O)C(C(C)=O)C(=O)[C@]12C. The van der Waals surface area contributed by atoms with Crippen LogP contribution in [0.25, 0.3) is 0 Å². The lowest BCUT2D eigenvalue weighted by Crippen LogP contribution is -2.47. The predicted octanol–water partition coefficient (Wildman–Crippen LogP) is 2.76. The summed E-state index contributed by atoms with van der Waals surface area (Å²) in [5.41, 5.74) is 0.607. The highest BCUT2D eigenvalue weighted by Gasteiger charge is 2.58. The number of methoxy groups -OCH3 is 1. The highest BCUT2D eigenvalue weighted by atomic mass is 16.5. The van der Waals surface area contributed by atoms with Gasteiger partial charge in [0.15, 0.2) is 17.3 Å². The molecule has 1 amide bonds. The smallest absolute Gasteiger partial charge is 0.308 e. The number of hydrogen-bond donors (Lipinski definition) is 2. The van der Waals surface area contributed by atoms with Crippen molar-refractivity contribution in [3.05, 3.63) is 57.9 Å². The Labute approximate surface area is 218 Å². The van der Waals surface area contributed by atoms with Crippen LogP contribution < -0.4 is 19.5 Å². The third-order valence-corrected chi connectivity index (χ3v) is 6.95. The Morgan fingerprint density at radius 1 is 1.11 bits per heavy atom. The average molecular weight is 522 g/mol. The zero-order chi connectivity index (χ0) is 28.1. The standard InChI is InChI=1S/C28H27NO9/c1-12-7-16(37-15(4)31)8-13(2)17(12)11-29-27(35)23-20(36-6)9-19(33)24-25(23)38-21-10-18(32)22(14(3)30)26(34)28(21,24)5/h7-10,22,33H,11H2,1-6H3,(H,29,35)/t22?,28-/m1/s1.